The Hall–Kier alpha value is -1.35. The summed E-state index contributed by atoms with van der Waals surface area (Å²) in [5.41, 5.74) is 3.59. The van der Waals surface area contributed by atoms with Gasteiger partial charge >= 0.3 is 0 Å². The molecule has 0 aliphatic rings. The highest BCUT2D eigenvalue weighted by molar-refractivity contribution is 5.77. The normalized spacial score (nSPS) is 13.5. The van der Waals surface area contributed by atoms with E-state index in [0.717, 1.165) is 11.3 Å². The predicted molar refractivity (Wildman–Crippen MR) is 72.3 cm³/mol. The van der Waals surface area contributed by atoms with Crippen molar-refractivity contribution in [3.8, 4) is 0 Å². The molecule has 1 N–H and O–H groups in total. The van der Waals surface area contributed by atoms with Gasteiger partial charge in [-0.2, -0.15) is 0 Å². The van der Waals surface area contributed by atoms with Crippen molar-refractivity contribution < 1.29 is 0 Å². The SMILES string of the molecule is CNC(C)c1ccc2c(c1)nc(C(C)C)n2C. The first-order valence-electron chi connectivity index (χ1n) is 6.18. The van der Waals surface area contributed by atoms with E-state index in [2.05, 4.69) is 55.9 Å². The predicted octanol–water partition coefficient (Wildman–Crippen LogP) is 2.98. The Morgan fingerprint density at radius 1 is 1.24 bits per heavy atom. The van der Waals surface area contributed by atoms with Crippen LogP contribution < -0.4 is 5.32 Å². The molecule has 0 fully saturated rings. The van der Waals surface area contributed by atoms with Gasteiger partial charge in [-0.3, -0.25) is 0 Å². The maximum atomic E-state index is 4.72. The average Bonchev–Trinajstić information content (AvgIpc) is 2.65. The Bertz CT molecular complexity index is 525. The quantitative estimate of drug-likeness (QED) is 0.880. The van der Waals surface area contributed by atoms with E-state index in [1.165, 1.54) is 11.1 Å². The Morgan fingerprint density at radius 2 is 1.94 bits per heavy atom. The lowest BCUT2D eigenvalue weighted by Crippen LogP contribution is -2.11. The van der Waals surface area contributed by atoms with Gasteiger partial charge in [0.05, 0.1) is 11.0 Å². The average molecular weight is 231 g/mol. The summed E-state index contributed by atoms with van der Waals surface area (Å²) in [7, 11) is 4.07. The van der Waals surface area contributed by atoms with Crippen molar-refractivity contribution in [1.82, 2.24) is 14.9 Å². The molecule has 1 aromatic carbocycles. The van der Waals surface area contributed by atoms with Crippen LogP contribution in [0.3, 0.4) is 0 Å². The molecule has 3 nitrogen and oxygen atoms in total. The lowest BCUT2D eigenvalue weighted by atomic mass is 10.1. The second kappa shape index (κ2) is 4.49. The summed E-state index contributed by atoms with van der Waals surface area (Å²) in [5.74, 6) is 1.60. The minimum absolute atomic E-state index is 0.365. The molecule has 0 aliphatic heterocycles. The van der Waals surface area contributed by atoms with Crippen molar-refractivity contribution in [3.63, 3.8) is 0 Å². The van der Waals surface area contributed by atoms with Crippen LogP contribution in [0.1, 0.15) is 44.1 Å². The smallest absolute Gasteiger partial charge is 0.112 e. The molecule has 0 saturated carbocycles. The van der Waals surface area contributed by atoms with Gasteiger partial charge in [0.15, 0.2) is 0 Å². The fraction of sp³-hybridized carbons (Fsp3) is 0.500. The highest BCUT2D eigenvalue weighted by Gasteiger charge is 2.12. The van der Waals surface area contributed by atoms with Crippen LogP contribution in [0.15, 0.2) is 18.2 Å². The third-order valence-electron chi connectivity index (χ3n) is 3.39. The van der Waals surface area contributed by atoms with Crippen molar-refractivity contribution >= 4 is 11.0 Å². The van der Waals surface area contributed by atoms with E-state index in [9.17, 15) is 0 Å². The van der Waals surface area contributed by atoms with E-state index < -0.39 is 0 Å². The third-order valence-corrected chi connectivity index (χ3v) is 3.39. The molecule has 3 heteroatoms. The Kier molecular flexibility index (Phi) is 3.20. The van der Waals surface area contributed by atoms with Crippen LogP contribution in [0.4, 0.5) is 0 Å². The molecule has 0 bridgehead atoms. The van der Waals surface area contributed by atoms with Gasteiger partial charge in [0.25, 0.3) is 0 Å². The molecule has 2 aromatic rings. The van der Waals surface area contributed by atoms with Crippen LogP contribution >= 0.6 is 0 Å². The maximum Gasteiger partial charge on any atom is 0.112 e. The molecule has 0 saturated heterocycles. The van der Waals surface area contributed by atoms with E-state index in [4.69, 9.17) is 4.98 Å². The van der Waals surface area contributed by atoms with Crippen LogP contribution in [0, 0.1) is 0 Å². The molecule has 0 aliphatic carbocycles. The second-order valence-electron chi connectivity index (χ2n) is 4.94. The largest absolute Gasteiger partial charge is 0.331 e. The first-order chi connectivity index (χ1) is 8.04. The van der Waals surface area contributed by atoms with E-state index >= 15 is 0 Å². The van der Waals surface area contributed by atoms with Crippen molar-refractivity contribution in [3.05, 3.63) is 29.6 Å². The monoisotopic (exact) mass is 231 g/mol. The number of fused-ring (bicyclic) bond motifs is 1. The molecular weight excluding hydrogens is 210 g/mol. The van der Waals surface area contributed by atoms with Crippen molar-refractivity contribution in [2.24, 2.45) is 7.05 Å². The van der Waals surface area contributed by atoms with Crippen molar-refractivity contribution in [1.29, 1.82) is 0 Å². The number of hydrogen-bond donors (Lipinski definition) is 1. The van der Waals surface area contributed by atoms with Gasteiger partial charge in [0, 0.05) is 19.0 Å². The zero-order valence-corrected chi connectivity index (χ0v) is 11.3. The standard InChI is InChI=1S/C14H21N3/c1-9(2)14-16-12-8-11(10(3)15-4)6-7-13(12)17(14)5/h6-10,15H,1-5H3. The molecule has 17 heavy (non-hydrogen) atoms. The Balaban J connectivity index is 2.55. The number of benzene rings is 1. The molecular formula is C14H21N3. The van der Waals surface area contributed by atoms with Gasteiger partial charge in [-0.05, 0) is 31.7 Å². The number of rotatable bonds is 3. The van der Waals surface area contributed by atoms with Crippen LogP contribution in [0.25, 0.3) is 11.0 Å². The van der Waals surface area contributed by atoms with Gasteiger partial charge in [-0.15, -0.1) is 0 Å². The molecule has 0 spiro atoms. The van der Waals surface area contributed by atoms with E-state index in [0.29, 0.717) is 12.0 Å². The summed E-state index contributed by atoms with van der Waals surface area (Å²) in [6, 6.07) is 6.89. The fourth-order valence-corrected chi connectivity index (χ4v) is 2.19. The molecule has 2 rings (SSSR count). The van der Waals surface area contributed by atoms with Gasteiger partial charge < -0.3 is 9.88 Å². The van der Waals surface area contributed by atoms with Crippen molar-refractivity contribution in [2.75, 3.05) is 7.05 Å². The van der Waals surface area contributed by atoms with Crippen LogP contribution in [-0.2, 0) is 7.05 Å². The Labute approximate surface area is 103 Å². The first kappa shape index (κ1) is 12.1. The molecule has 1 atom stereocenters. The summed E-state index contributed by atoms with van der Waals surface area (Å²) in [6.07, 6.45) is 0. The number of hydrogen-bond acceptors (Lipinski definition) is 2. The Morgan fingerprint density at radius 3 is 2.53 bits per heavy atom. The van der Waals surface area contributed by atoms with Crippen LogP contribution in [0.2, 0.25) is 0 Å². The number of imidazole rings is 1. The lowest BCUT2D eigenvalue weighted by molar-refractivity contribution is 0.653. The molecule has 1 unspecified atom stereocenters. The van der Waals surface area contributed by atoms with Gasteiger partial charge in [-0.25, -0.2) is 4.98 Å². The fourth-order valence-electron chi connectivity index (χ4n) is 2.19. The zero-order chi connectivity index (χ0) is 12.6. The number of nitrogens with zero attached hydrogens (tertiary/aromatic N) is 2. The molecule has 1 aromatic heterocycles. The number of aromatic nitrogens is 2. The summed E-state index contributed by atoms with van der Waals surface area (Å²) >= 11 is 0. The van der Waals surface area contributed by atoms with Gasteiger partial charge in [0.2, 0.25) is 0 Å². The lowest BCUT2D eigenvalue weighted by Gasteiger charge is -2.10. The van der Waals surface area contributed by atoms with Gasteiger partial charge in [0.1, 0.15) is 5.82 Å². The van der Waals surface area contributed by atoms with E-state index in [1.54, 1.807) is 0 Å². The molecule has 1 heterocycles. The van der Waals surface area contributed by atoms with Crippen LogP contribution in [-0.4, -0.2) is 16.6 Å². The molecule has 0 amide bonds. The molecule has 0 radical (unpaired) electrons. The molecule has 92 valence electrons. The summed E-state index contributed by atoms with van der Waals surface area (Å²) in [5, 5.41) is 3.26. The minimum Gasteiger partial charge on any atom is -0.331 e. The first-order valence-corrected chi connectivity index (χ1v) is 6.18. The zero-order valence-electron chi connectivity index (χ0n) is 11.3. The maximum absolute atomic E-state index is 4.72. The summed E-state index contributed by atoms with van der Waals surface area (Å²) in [6.45, 7) is 6.52. The highest BCUT2D eigenvalue weighted by Crippen LogP contribution is 2.23. The van der Waals surface area contributed by atoms with E-state index in [1.807, 2.05) is 7.05 Å². The number of nitrogens with one attached hydrogen (secondary N) is 1. The summed E-state index contributed by atoms with van der Waals surface area (Å²) in [4.78, 5) is 4.72. The van der Waals surface area contributed by atoms with Crippen molar-refractivity contribution in [2.45, 2.75) is 32.7 Å². The summed E-state index contributed by atoms with van der Waals surface area (Å²) < 4.78 is 2.19. The van der Waals surface area contributed by atoms with E-state index in [-0.39, 0.29) is 0 Å². The third kappa shape index (κ3) is 2.07. The number of aryl methyl sites for hydroxylation is 1. The topological polar surface area (TPSA) is 29.9 Å². The highest BCUT2D eigenvalue weighted by atomic mass is 15.1. The second-order valence-corrected chi connectivity index (χ2v) is 4.94. The van der Waals surface area contributed by atoms with Crippen LogP contribution in [0.5, 0.6) is 0 Å². The minimum atomic E-state index is 0.365. The van der Waals surface area contributed by atoms with Gasteiger partial charge in [-0.1, -0.05) is 19.9 Å².